The fourth-order valence-corrected chi connectivity index (χ4v) is 4.47. The number of hydrogen-bond donors (Lipinski definition) is 1. The number of furan rings is 1. The van der Waals surface area contributed by atoms with Crippen molar-refractivity contribution >= 4 is 63.8 Å². The standard InChI is InChI=1S/C22H14Cl2N2O4S/c1-26(16-8-3-2-5-13(16)21(28)29)22-25-20(27)18(31-22)11-12-9-10-17(30-12)19-14(23)6-4-7-15(19)24/h2-11H,1H3,(H,28,29)/b18-11+. The quantitative estimate of drug-likeness (QED) is 0.464. The summed E-state index contributed by atoms with van der Waals surface area (Å²) in [6.45, 7) is 0. The largest absolute Gasteiger partial charge is 0.478 e. The molecule has 0 bridgehead atoms. The molecule has 156 valence electrons. The summed E-state index contributed by atoms with van der Waals surface area (Å²) in [5.41, 5.74) is 1.12. The molecule has 1 aliphatic heterocycles. The van der Waals surface area contributed by atoms with Crippen LogP contribution in [0, 0.1) is 0 Å². The molecule has 2 aromatic carbocycles. The molecule has 0 aliphatic carbocycles. The highest BCUT2D eigenvalue weighted by molar-refractivity contribution is 8.18. The Hall–Kier alpha value is -3.00. The average molecular weight is 473 g/mol. The van der Waals surface area contributed by atoms with Gasteiger partial charge in [-0.15, -0.1) is 0 Å². The van der Waals surface area contributed by atoms with E-state index in [2.05, 4.69) is 4.99 Å². The average Bonchev–Trinajstić information content (AvgIpc) is 3.34. The van der Waals surface area contributed by atoms with Crippen molar-refractivity contribution in [2.24, 2.45) is 4.99 Å². The number of aliphatic imine (C=N–C) groups is 1. The van der Waals surface area contributed by atoms with E-state index in [0.29, 0.717) is 42.9 Å². The number of thioether (sulfide) groups is 1. The Kier molecular flexibility index (Phi) is 5.91. The van der Waals surface area contributed by atoms with Gasteiger partial charge in [-0.25, -0.2) is 4.79 Å². The number of para-hydroxylation sites is 1. The number of amidine groups is 1. The number of aromatic carboxylic acids is 1. The fraction of sp³-hybridized carbons (Fsp3) is 0.0455. The van der Waals surface area contributed by atoms with Crippen LogP contribution in [0.5, 0.6) is 0 Å². The van der Waals surface area contributed by atoms with E-state index in [0.717, 1.165) is 11.8 Å². The molecule has 1 aliphatic rings. The van der Waals surface area contributed by atoms with E-state index in [4.69, 9.17) is 27.6 Å². The van der Waals surface area contributed by atoms with Crippen LogP contribution in [0.15, 0.2) is 68.9 Å². The van der Waals surface area contributed by atoms with Gasteiger partial charge in [0.05, 0.1) is 31.8 Å². The van der Waals surface area contributed by atoms with Crippen molar-refractivity contribution in [1.82, 2.24) is 0 Å². The van der Waals surface area contributed by atoms with E-state index in [1.165, 1.54) is 6.07 Å². The molecule has 3 aromatic rings. The minimum absolute atomic E-state index is 0.116. The zero-order valence-corrected chi connectivity index (χ0v) is 18.3. The summed E-state index contributed by atoms with van der Waals surface area (Å²) < 4.78 is 5.82. The minimum atomic E-state index is -1.06. The fourth-order valence-electron chi connectivity index (χ4n) is 3.02. The molecular formula is C22H14Cl2N2O4S. The Morgan fingerprint density at radius 3 is 2.52 bits per heavy atom. The van der Waals surface area contributed by atoms with Crippen molar-refractivity contribution in [2.75, 3.05) is 11.9 Å². The molecule has 1 aromatic heterocycles. The highest BCUT2D eigenvalue weighted by Gasteiger charge is 2.27. The first-order valence-electron chi connectivity index (χ1n) is 8.98. The van der Waals surface area contributed by atoms with Gasteiger partial charge < -0.3 is 14.4 Å². The second kappa shape index (κ2) is 8.63. The lowest BCUT2D eigenvalue weighted by molar-refractivity contribution is -0.113. The van der Waals surface area contributed by atoms with Crippen molar-refractivity contribution in [2.45, 2.75) is 0 Å². The molecule has 1 amide bonds. The number of carbonyl (C=O) groups excluding carboxylic acids is 1. The molecule has 0 fully saturated rings. The minimum Gasteiger partial charge on any atom is -0.478 e. The van der Waals surface area contributed by atoms with Crippen molar-refractivity contribution in [3.8, 4) is 11.3 Å². The number of hydrogen-bond acceptors (Lipinski definition) is 5. The monoisotopic (exact) mass is 472 g/mol. The number of carbonyl (C=O) groups is 2. The first kappa shape index (κ1) is 21.2. The topological polar surface area (TPSA) is 83.1 Å². The summed E-state index contributed by atoms with van der Waals surface area (Å²) in [5.74, 6) is -0.582. The summed E-state index contributed by atoms with van der Waals surface area (Å²) in [6.07, 6.45) is 1.58. The van der Waals surface area contributed by atoms with Gasteiger partial charge in [-0.2, -0.15) is 4.99 Å². The molecule has 0 unspecified atom stereocenters. The predicted octanol–water partition coefficient (Wildman–Crippen LogP) is 6.06. The third-order valence-corrected chi connectivity index (χ3v) is 6.19. The molecular weight excluding hydrogens is 459 g/mol. The van der Waals surface area contributed by atoms with Crippen LogP contribution in [0.2, 0.25) is 10.0 Å². The highest BCUT2D eigenvalue weighted by Crippen LogP contribution is 2.37. The predicted molar refractivity (Wildman–Crippen MR) is 124 cm³/mol. The van der Waals surface area contributed by atoms with Crippen molar-refractivity contribution < 1.29 is 19.1 Å². The summed E-state index contributed by atoms with van der Waals surface area (Å²) in [4.78, 5) is 29.9. The van der Waals surface area contributed by atoms with Crippen LogP contribution in [-0.4, -0.2) is 29.2 Å². The summed E-state index contributed by atoms with van der Waals surface area (Å²) >= 11 is 13.6. The second-order valence-electron chi connectivity index (χ2n) is 6.49. The lowest BCUT2D eigenvalue weighted by Crippen LogP contribution is -2.24. The van der Waals surface area contributed by atoms with E-state index in [1.54, 1.807) is 66.6 Å². The van der Waals surface area contributed by atoms with Crippen LogP contribution in [0.4, 0.5) is 5.69 Å². The van der Waals surface area contributed by atoms with Crippen molar-refractivity contribution in [3.63, 3.8) is 0 Å². The summed E-state index contributed by atoms with van der Waals surface area (Å²) in [6, 6.07) is 15.1. The van der Waals surface area contributed by atoms with Crippen LogP contribution in [0.1, 0.15) is 16.1 Å². The number of carboxylic acids is 1. The maximum absolute atomic E-state index is 12.4. The molecule has 1 N–H and O–H groups in total. The van der Waals surface area contributed by atoms with Crippen LogP contribution in [0.3, 0.4) is 0 Å². The number of anilines is 1. The van der Waals surface area contributed by atoms with E-state index < -0.39 is 11.9 Å². The van der Waals surface area contributed by atoms with Crippen molar-refractivity contribution in [1.29, 1.82) is 0 Å². The van der Waals surface area contributed by atoms with Crippen LogP contribution >= 0.6 is 35.0 Å². The van der Waals surface area contributed by atoms with Crippen molar-refractivity contribution in [3.05, 3.63) is 80.9 Å². The first-order chi connectivity index (χ1) is 14.8. The number of carboxylic acid groups (broad SMARTS) is 1. The Bertz CT molecular complexity index is 1250. The molecule has 9 heteroatoms. The van der Waals surface area contributed by atoms with Gasteiger partial charge in [-0.05, 0) is 48.2 Å². The number of halogens is 2. The van der Waals surface area contributed by atoms with E-state index in [-0.39, 0.29) is 5.56 Å². The second-order valence-corrected chi connectivity index (χ2v) is 8.31. The molecule has 0 saturated carbocycles. The van der Waals surface area contributed by atoms with Gasteiger partial charge in [0.2, 0.25) is 0 Å². The van der Waals surface area contributed by atoms with E-state index >= 15 is 0 Å². The highest BCUT2D eigenvalue weighted by atomic mass is 35.5. The Labute approximate surface area is 191 Å². The molecule has 31 heavy (non-hydrogen) atoms. The van der Waals surface area contributed by atoms with Crippen LogP contribution in [0.25, 0.3) is 17.4 Å². The van der Waals surface area contributed by atoms with Gasteiger partial charge >= 0.3 is 5.97 Å². The lowest BCUT2D eigenvalue weighted by Gasteiger charge is -2.19. The number of nitrogens with zero attached hydrogens (tertiary/aromatic N) is 2. The van der Waals surface area contributed by atoms with Gasteiger partial charge in [-0.3, -0.25) is 4.79 Å². The molecule has 2 heterocycles. The van der Waals surface area contributed by atoms with Gasteiger partial charge in [0.15, 0.2) is 5.17 Å². The molecule has 0 radical (unpaired) electrons. The molecule has 0 saturated heterocycles. The molecule has 6 nitrogen and oxygen atoms in total. The van der Waals surface area contributed by atoms with Crippen LogP contribution in [-0.2, 0) is 4.79 Å². The third kappa shape index (κ3) is 4.25. The Morgan fingerprint density at radius 2 is 1.81 bits per heavy atom. The van der Waals surface area contributed by atoms with Crippen LogP contribution < -0.4 is 4.90 Å². The SMILES string of the molecule is CN(C1=NC(=O)/C(=C\c2ccc(-c3c(Cl)cccc3Cl)o2)S1)c1ccccc1C(=O)O. The summed E-state index contributed by atoms with van der Waals surface area (Å²) in [5, 5.41) is 10.7. The Balaban J connectivity index is 1.58. The van der Waals surface area contributed by atoms with Gasteiger partial charge in [0.25, 0.3) is 5.91 Å². The van der Waals surface area contributed by atoms with E-state index in [9.17, 15) is 14.7 Å². The van der Waals surface area contributed by atoms with E-state index in [1.807, 2.05) is 0 Å². The molecule has 0 spiro atoms. The number of benzene rings is 2. The van der Waals surface area contributed by atoms with Gasteiger partial charge in [0, 0.05) is 13.1 Å². The smallest absolute Gasteiger partial charge is 0.337 e. The van der Waals surface area contributed by atoms with Gasteiger partial charge in [0.1, 0.15) is 11.5 Å². The third-order valence-electron chi connectivity index (χ3n) is 4.50. The summed E-state index contributed by atoms with van der Waals surface area (Å²) in [7, 11) is 1.66. The zero-order valence-electron chi connectivity index (χ0n) is 16.0. The normalized spacial score (nSPS) is 14.7. The zero-order chi connectivity index (χ0) is 22.1. The molecule has 0 atom stereocenters. The molecule has 4 rings (SSSR count). The number of amides is 1. The maximum Gasteiger partial charge on any atom is 0.337 e. The van der Waals surface area contributed by atoms with Gasteiger partial charge in [-0.1, -0.05) is 41.4 Å². The maximum atomic E-state index is 12.4. The Morgan fingerprint density at radius 1 is 1.10 bits per heavy atom. The first-order valence-corrected chi connectivity index (χ1v) is 10.5. The number of rotatable bonds is 4. The lowest BCUT2D eigenvalue weighted by atomic mass is 10.1.